The molecular weight excluding hydrogens is 156 g/mol. The maximum atomic E-state index is 9.18. The van der Waals surface area contributed by atoms with Gasteiger partial charge in [-0.1, -0.05) is 30.0 Å². The average molecular weight is 164 g/mol. The molecule has 56 valence electrons. The van der Waals surface area contributed by atoms with Gasteiger partial charge in [0, 0.05) is 4.90 Å². The van der Waals surface area contributed by atoms with Crippen LogP contribution in [0.25, 0.3) is 0 Å². The van der Waals surface area contributed by atoms with E-state index in [4.69, 9.17) is 0 Å². The van der Waals surface area contributed by atoms with E-state index in [1.807, 2.05) is 24.3 Å². The third-order valence-corrected chi connectivity index (χ3v) is 2.68. The molecule has 0 aliphatic carbocycles. The minimum absolute atomic E-state index is 0.420. The quantitative estimate of drug-likeness (QED) is 0.636. The molecule has 11 heavy (non-hydrogen) atoms. The molecule has 1 N–H and O–H groups in total. The van der Waals surface area contributed by atoms with Crippen molar-refractivity contribution in [3.8, 4) is 0 Å². The molecule has 1 aliphatic heterocycles. The van der Waals surface area contributed by atoms with Crippen molar-refractivity contribution in [3.63, 3.8) is 0 Å². The summed E-state index contributed by atoms with van der Waals surface area (Å²) in [6.07, 6.45) is 2.70. The number of hydrogen-bond donors (Lipinski definition) is 1. The molecule has 2 rings (SSSR count). The van der Waals surface area contributed by atoms with Crippen molar-refractivity contribution in [2.45, 2.75) is 11.3 Å². The van der Waals surface area contributed by atoms with E-state index in [0.29, 0.717) is 5.09 Å². The van der Waals surface area contributed by atoms with Crippen LogP contribution in [0.15, 0.2) is 40.3 Å². The van der Waals surface area contributed by atoms with Crippen LogP contribution < -0.4 is 0 Å². The van der Waals surface area contributed by atoms with Gasteiger partial charge in [0.15, 0.2) is 5.09 Å². The second-order valence-corrected chi connectivity index (χ2v) is 3.52. The van der Waals surface area contributed by atoms with Crippen molar-refractivity contribution in [2.24, 2.45) is 0 Å². The van der Waals surface area contributed by atoms with Gasteiger partial charge in [-0.3, -0.25) is 0 Å². The molecule has 0 spiro atoms. The van der Waals surface area contributed by atoms with Gasteiger partial charge >= 0.3 is 0 Å². The van der Waals surface area contributed by atoms with Gasteiger partial charge in [-0.15, -0.1) is 0 Å². The first kappa shape index (κ1) is 6.80. The fraction of sp³-hybridized carbons (Fsp3) is 0.111. The van der Waals surface area contributed by atoms with Crippen molar-refractivity contribution >= 4 is 11.8 Å². The maximum Gasteiger partial charge on any atom is 0.150 e. The highest BCUT2D eigenvalue weighted by molar-refractivity contribution is 8.03. The monoisotopic (exact) mass is 164 g/mol. The number of aliphatic hydroxyl groups excluding tert-OH is 1. The Labute approximate surface area is 69.7 Å². The van der Waals surface area contributed by atoms with Gasteiger partial charge in [0.05, 0.1) is 0 Å². The van der Waals surface area contributed by atoms with Crippen LogP contribution in [0, 0.1) is 0 Å². The summed E-state index contributed by atoms with van der Waals surface area (Å²) in [5, 5.41) is 9.60. The van der Waals surface area contributed by atoms with Crippen LogP contribution >= 0.6 is 11.8 Å². The van der Waals surface area contributed by atoms with Crippen LogP contribution in [-0.2, 0) is 6.42 Å². The lowest BCUT2D eigenvalue weighted by Gasteiger charge is -2.11. The summed E-state index contributed by atoms with van der Waals surface area (Å²) in [6, 6.07) is 8.13. The second-order valence-electron chi connectivity index (χ2n) is 2.46. The summed E-state index contributed by atoms with van der Waals surface area (Å²) < 4.78 is 0. The molecule has 0 fully saturated rings. The summed E-state index contributed by atoms with van der Waals surface area (Å²) in [6.45, 7) is 0. The molecule has 1 aromatic rings. The standard InChI is InChI=1S/C9H8OS/c10-9-6-5-7-3-1-2-4-8(7)11-9/h1-4,6,10H,5H2. The Kier molecular flexibility index (Phi) is 1.62. The predicted octanol–water partition coefficient (Wildman–Crippen LogP) is 2.73. The van der Waals surface area contributed by atoms with Crippen LogP contribution in [0.2, 0.25) is 0 Å². The average Bonchev–Trinajstić information content (AvgIpc) is 2.04. The van der Waals surface area contributed by atoms with Gasteiger partial charge in [0.2, 0.25) is 0 Å². The van der Waals surface area contributed by atoms with Crippen LogP contribution in [0.4, 0.5) is 0 Å². The Morgan fingerprint density at radius 3 is 3.00 bits per heavy atom. The lowest BCUT2D eigenvalue weighted by Crippen LogP contribution is -1.92. The molecule has 1 heterocycles. The number of hydrogen-bond acceptors (Lipinski definition) is 2. The number of allylic oxidation sites excluding steroid dienone is 1. The largest absolute Gasteiger partial charge is 0.502 e. The smallest absolute Gasteiger partial charge is 0.150 e. The third-order valence-electron chi connectivity index (χ3n) is 1.68. The molecule has 0 saturated carbocycles. The van der Waals surface area contributed by atoms with E-state index >= 15 is 0 Å². The van der Waals surface area contributed by atoms with E-state index in [0.717, 1.165) is 6.42 Å². The highest BCUT2D eigenvalue weighted by Gasteiger charge is 2.08. The van der Waals surface area contributed by atoms with Crippen LogP contribution in [-0.4, -0.2) is 5.11 Å². The number of aliphatic hydroxyl groups is 1. The number of benzene rings is 1. The van der Waals surface area contributed by atoms with Crippen molar-refractivity contribution in [1.29, 1.82) is 0 Å². The summed E-state index contributed by atoms with van der Waals surface area (Å²) in [4.78, 5) is 1.17. The number of thioether (sulfide) groups is 1. The minimum atomic E-state index is 0.420. The zero-order valence-corrected chi connectivity index (χ0v) is 6.77. The summed E-state index contributed by atoms with van der Waals surface area (Å²) in [5.74, 6) is 0. The second kappa shape index (κ2) is 2.62. The van der Waals surface area contributed by atoms with Crippen LogP contribution in [0.3, 0.4) is 0 Å². The van der Waals surface area contributed by atoms with Gasteiger partial charge < -0.3 is 5.11 Å². The van der Waals surface area contributed by atoms with Crippen molar-refractivity contribution in [2.75, 3.05) is 0 Å². The lowest BCUT2D eigenvalue weighted by atomic mass is 10.1. The normalized spacial score (nSPS) is 15.5. The van der Waals surface area contributed by atoms with E-state index in [2.05, 4.69) is 6.07 Å². The molecule has 2 heteroatoms. The zero-order valence-electron chi connectivity index (χ0n) is 5.95. The van der Waals surface area contributed by atoms with Gasteiger partial charge in [-0.05, 0) is 24.1 Å². The molecule has 0 saturated heterocycles. The molecule has 0 bridgehead atoms. The predicted molar refractivity (Wildman–Crippen MR) is 46.7 cm³/mol. The van der Waals surface area contributed by atoms with Gasteiger partial charge in [-0.25, -0.2) is 0 Å². The van der Waals surface area contributed by atoms with E-state index in [-0.39, 0.29) is 0 Å². The Morgan fingerprint density at radius 1 is 1.27 bits per heavy atom. The molecule has 1 aromatic carbocycles. The van der Waals surface area contributed by atoms with Gasteiger partial charge in [0.25, 0.3) is 0 Å². The molecule has 0 atom stereocenters. The van der Waals surface area contributed by atoms with E-state index < -0.39 is 0 Å². The maximum absolute atomic E-state index is 9.18. The lowest BCUT2D eigenvalue weighted by molar-refractivity contribution is 0.453. The number of fused-ring (bicyclic) bond motifs is 1. The summed E-state index contributed by atoms with van der Waals surface area (Å²) in [5.41, 5.74) is 1.30. The first-order valence-corrected chi connectivity index (χ1v) is 4.33. The first-order chi connectivity index (χ1) is 5.36. The first-order valence-electron chi connectivity index (χ1n) is 3.51. The molecular formula is C9H8OS. The molecule has 0 unspecified atom stereocenters. The fourth-order valence-electron chi connectivity index (χ4n) is 1.12. The minimum Gasteiger partial charge on any atom is -0.502 e. The van der Waals surface area contributed by atoms with Crippen molar-refractivity contribution < 1.29 is 5.11 Å². The topological polar surface area (TPSA) is 20.2 Å². The van der Waals surface area contributed by atoms with Crippen LogP contribution in [0.1, 0.15) is 5.56 Å². The Balaban J connectivity index is 2.42. The Hall–Kier alpha value is -0.890. The molecule has 1 aliphatic rings. The highest BCUT2D eigenvalue weighted by Crippen LogP contribution is 2.32. The van der Waals surface area contributed by atoms with E-state index in [1.54, 1.807) is 0 Å². The fourth-order valence-corrected chi connectivity index (χ4v) is 1.94. The number of rotatable bonds is 0. The molecule has 0 aromatic heterocycles. The molecule has 1 nitrogen and oxygen atoms in total. The third kappa shape index (κ3) is 1.26. The molecule has 0 amide bonds. The summed E-state index contributed by atoms with van der Waals surface area (Å²) >= 11 is 1.43. The highest BCUT2D eigenvalue weighted by atomic mass is 32.2. The van der Waals surface area contributed by atoms with Crippen molar-refractivity contribution in [3.05, 3.63) is 41.0 Å². The zero-order chi connectivity index (χ0) is 7.68. The van der Waals surface area contributed by atoms with Crippen LogP contribution in [0.5, 0.6) is 0 Å². The summed E-state index contributed by atoms with van der Waals surface area (Å²) in [7, 11) is 0. The Morgan fingerprint density at radius 2 is 2.09 bits per heavy atom. The SMILES string of the molecule is OC1=CCc2ccccc2S1. The van der Waals surface area contributed by atoms with Crippen molar-refractivity contribution in [1.82, 2.24) is 0 Å². The molecule has 0 radical (unpaired) electrons. The van der Waals surface area contributed by atoms with E-state index in [9.17, 15) is 5.11 Å². The Bertz CT molecular complexity index is 304. The van der Waals surface area contributed by atoms with Gasteiger partial charge in [-0.2, -0.15) is 0 Å². The van der Waals surface area contributed by atoms with Gasteiger partial charge in [0.1, 0.15) is 0 Å². The van der Waals surface area contributed by atoms with E-state index in [1.165, 1.54) is 22.2 Å².